The van der Waals surface area contributed by atoms with Crippen LogP contribution in [0.25, 0.3) is 10.9 Å². The molecule has 0 atom stereocenters. The lowest BCUT2D eigenvalue weighted by molar-refractivity contribution is 0.262. The van der Waals surface area contributed by atoms with E-state index in [-0.39, 0.29) is 16.9 Å². The Morgan fingerprint density at radius 3 is 2.37 bits per heavy atom. The van der Waals surface area contributed by atoms with Crippen LogP contribution in [0.5, 0.6) is 23.0 Å². The Hall–Kier alpha value is -3.99. The van der Waals surface area contributed by atoms with Crippen LogP contribution in [0.2, 0.25) is 0 Å². The third-order valence-electron chi connectivity index (χ3n) is 4.91. The maximum Gasteiger partial charge on any atom is 0.325 e. The van der Waals surface area contributed by atoms with Crippen molar-refractivity contribution < 1.29 is 23.4 Å². The van der Waals surface area contributed by atoms with Crippen LogP contribution in [0.15, 0.2) is 42.6 Å². The SMILES string of the molecule is COc1cc2nccc(Oc3ccc(NC(=O)Nc4nnc(C(C)(C)C)s4)c(F)c3)c2cc1OC. The normalized spacial score (nSPS) is 11.3. The molecule has 0 spiro atoms. The van der Waals surface area contributed by atoms with Gasteiger partial charge in [0, 0.05) is 29.1 Å². The van der Waals surface area contributed by atoms with Gasteiger partial charge in [-0.25, -0.2) is 9.18 Å². The lowest BCUT2D eigenvalue weighted by Gasteiger charge is -2.13. The Morgan fingerprint density at radius 1 is 0.971 bits per heavy atom. The zero-order valence-electron chi connectivity index (χ0n) is 19.8. The minimum Gasteiger partial charge on any atom is -0.493 e. The minimum absolute atomic E-state index is 0.0126. The smallest absolute Gasteiger partial charge is 0.325 e. The minimum atomic E-state index is -0.664. The summed E-state index contributed by atoms with van der Waals surface area (Å²) < 4.78 is 31.3. The molecule has 0 saturated heterocycles. The van der Waals surface area contributed by atoms with Crippen molar-refractivity contribution in [1.29, 1.82) is 0 Å². The van der Waals surface area contributed by atoms with E-state index in [1.54, 1.807) is 37.6 Å². The first-order valence-electron chi connectivity index (χ1n) is 10.6. The molecule has 2 aromatic heterocycles. The molecule has 2 aromatic carbocycles. The molecule has 2 heterocycles. The number of aromatic nitrogens is 3. The molecule has 0 radical (unpaired) electrons. The molecule has 11 heteroatoms. The fourth-order valence-electron chi connectivity index (χ4n) is 3.15. The van der Waals surface area contributed by atoms with Gasteiger partial charge < -0.3 is 19.5 Å². The molecular weight excluding hydrogens is 473 g/mol. The number of pyridine rings is 1. The number of nitrogens with one attached hydrogen (secondary N) is 2. The summed E-state index contributed by atoms with van der Waals surface area (Å²) in [6.07, 6.45) is 1.58. The van der Waals surface area contributed by atoms with Crippen molar-refractivity contribution in [3.05, 3.63) is 53.4 Å². The number of urea groups is 1. The number of anilines is 2. The molecule has 0 aliphatic heterocycles. The van der Waals surface area contributed by atoms with Gasteiger partial charge in [-0.15, -0.1) is 10.2 Å². The Labute approximate surface area is 205 Å². The summed E-state index contributed by atoms with van der Waals surface area (Å²) in [4.78, 5) is 16.6. The second-order valence-electron chi connectivity index (χ2n) is 8.52. The van der Waals surface area contributed by atoms with Gasteiger partial charge in [-0.05, 0) is 24.3 Å². The average molecular weight is 498 g/mol. The largest absolute Gasteiger partial charge is 0.493 e. The van der Waals surface area contributed by atoms with Gasteiger partial charge in [0.05, 0.1) is 25.4 Å². The molecule has 35 heavy (non-hydrogen) atoms. The first-order chi connectivity index (χ1) is 16.7. The number of nitrogens with zero attached hydrogens (tertiary/aromatic N) is 3. The topological polar surface area (TPSA) is 107 Å². The van der Waals surface area contributed by atoms with Crippen molar-refractivity contribution in [3.63, 3.8) is 0 Å². The Balaban J connectivity index is 1.49. The van der Waals surface area contributed by atoms with Crippen LogP contribution in [0, 0.1) is 5.82 Å². The van der Waals surface area contributed by atoms with Gasteiger partial charge >= 0.3 is 6.03 Å². The molecule has 4 rings (SSSR count). The first-order valence-corrected chi connectivity index (χ1v) is 11.4. The highest BCUT2D eigenvalue weighted by Crippen LogP contribution is 2.37. The predicted octanol–water partition coefficient (Wildman–Crippen LogP) is 5.98. The van der Waals surface area contributed by atoms with Gasteiger partial charge in [-0.3, -0.25) is 10.3 Å². The number of benzene rings is 2. The van der Waals surface area contributed by atoms with Gasteiger partial charge in [0.15, 0.2) is 11.5 Å². The molecule has 0 saturated carbocycles. The van der Waals surface area contributed by atoms with E-state index < -0.39 is 11.8 Å². The molecule has 0 unspecified atom stereocenters. The van der Waals surface area contributed by atoms with Gasteiger partial charge in [0.25, 0.3) is 0 Å². The van der Waals surface area contributed by atoms with E-state index >= 15 is 0 Å². The number of ether oxygens (including phenoxy) is 3. The van der Waals surface area contributed by atoms with Gasteiger partial charge in [0.2, 0.25) is 5.13 Å². The maximum atomic E-state index is 14.7. The van der Waals surface area contributed by atoms with Crippen molar-refractivity contribution in [2.75, 3.05) is 24.9 Å². The quantitative estimate of drug-likeness (QED) is 0.338. The van der Waals surface area contributed by atoms with Crippen LogP contribution in [-0.4, -0.2) is 35.4 Å². The number of carbonyl (C=O) groups is 1. The summed E-state index contributed by atoms with van der Waals surface area (Å²) in [5.74, 6) is 1.09. The van der Waals surface area contributed by atoms with Crippen molar-refractivity contribution >= 4 is 39.1 Å². The van der Waals surface area contributed by atoms with Crippen molar-refractivity contribution in [1.82, 2.24) is 15.2 Å². The lowest BCUT2D eigenvalue weighted by atomic mass is 9.98. The summed E-state index contributed by atoms with van der Waals surface area (Å²) in [7, 11) is 3.08. The monoisotopic (exact) mass is 497 g/mol. The predicted molar refractivity (Wildman–Crippen MR) is 133 cm³/mol. The van der Waals surface area contributed by atoms with Gasteiger partial charge in [-0.1, -0.05) is 32.1 Å². The van der Waals surface area contributed by atoms with E-state index in [2.05, 4.69) is 25.8 Å². The van der Waals surface area contributed by atoms with Crippen LogP contribution in [0.4, 0.5) is 20.0 Å². The molecular formula is C24H24FN5O4S. The summed E-state index contributed by atoms with van der Waals surface area (Å²) in [6, 6.07) is 8.66. The summed E-state index contributed by atoms with van der Waals surface area (Å²) in [5.41, 5.74) is 0.427. The number of rotatable bonds is 6. The Bertz CT molecular complexity index is 1390. The van der Waals surface area contributed by atoms with E-state index in [4.69, 9.17) is 14.2 Å². The molecule has 0 aliphatic carbocycles. The number of amides is 2. The number of hydrogen-bond donors (Lipinski definition) is 2. The zero-order valence-corrected chi connectivity index (χ0v) is 20.6. The van der Waals surface area contributed by atoms with E-state index in [0.717, 1.165) is 5.01 Å². The molecule has 182 valence electrons. The summed E-state index contributed by atoms with van der Waals surface area (Å²) in [5, 5.41) is 14.8. The highest BCUT2D eigenvalue weighted by molar-refractivity contribution is 7.15. The fraction of sp³-hybridized carbons (Fsp3) is 0.250. The second kappa shape index (κ2) is 9.71. The highest BCUT2D eigenvalue weighted by atomic mass is 32.1. The molecule has 0 bridgehead atoms. The van der Waals surface area contributed by atoms with Crippen LogP contribution >= 0.6 is 11.3 Å². The van der Waals surface area contributed by atoms with Gasteiger partial charge in [-0.2, -0.15) is 0 Å². The van der Waals surface area contributed by atoms with E-state index in [1.807, 2.05) is 20.8 Å². The van der Waals surface area contributed by atoms with Crippen LogP contribution in [0.3, 0.4) is 0 Å². The molecule has 0 aliphatic rings. The summed E-state index contributed by atoms with van der Waals surface area (Å²) >= 11 is 1.26. The van der Waals surface area contributed by atoms with Crippen molar-refractivity contribution in [2.24, 2.45) is 0 Å². The van der Waals surface area contributed by atoms with Crippen LogP contribution in [-0.2, 0) is 5.41 Å². The number of halogens is 1. The molecule has 9 nitrogen and oxygen atoms in total. The highest BCUT2D eigenvalue weighted by Gasteiger charge is 2.20. The van der Waals surface area contributed by atoms with Crippen LogP contribution < -0.4 is 24.8 Å². The zero-order chi connectivity index (χ0) is 25.2. The molecule has 2 N–H and O–H groups in total. The summed E-state index contributed by atoms with van der Waals surface area (Å²) in [6.45, 7) is 6.00. The maximum absolute atomic E-state index is 14.7. The van der Waals surface area contributed by atoms with E-state index in [0.29, 0.717) is 33.3 Å². The standard InChI is InChI=1S/C24H24FN5O4S/c1-24(2,3)21-29-30-23(35-21)28-22(31)27-16-7-6-13(10-15(16)25)34-18-8-9-26-17-12-20(33-5)19(32-4)11-14(17)18/h6-12H,1-5H3,(H2,27,28,30,31). The Morgan fingerprint density at radius 2 is 1.71 bits per heavy atom. The average Bonchev–Trinajstić information content (AvgIpc) is 3.29. The van der Waals surface area contributed by atoms with E-state index in [9.17, 15) is 9.18 Å². The molecule has 2 amide bonds. The third kappa shape index (κ3) is 5.40. The number of hydrogen-bond acceptors (Lipinski definition) is 8. The molecule has 0 fully saturated rings. The van der Waals surface area contributed by atoms with Crippen LogP contribution in [0.1, 0.15) is 25.8 Å². The number of fused-ring (bicyclic) bond motifs is 1. The fourth-order valence-corrected chi connectivity index (χ4v) is 3.95. The Kier molecular flexibility index (Phi) is 6.70. The second-order valence-corrected chi connectivity index (χ2v) is 9.50. The number of methoxy groups -OCH3 is 2. The van der Waals surface area contributed by atoms with E-state index in [1.165, 1.54) is 30.6 Å². The van der Waals surface area contributed by atoms with Crippen molar-refractivity contribution in [3.8, 4) is 23.0 Å². The third-order valence-corrected chi connectivity index (χ3v) is 6.17. The van der Waals surface area contributed by atoms with Crippen molar-refractivity contribution in [2.45, 2.75) is 26.2 Å². The lowest BCUT2D eigenvalue weighted by Crippen LogP contribution is -2.20. The van der Waals surface area contributed by atoms with Gasteiger partial charge in [0.1, 0.15) is 22.3 Å². The molecule has 4 aromatic rings. The number of carbonyl (C=O) groups excluding carboxylic acids is 1. The first kappa shape index (κ1) is 24.1.